The molecule has 33 heavy (non-hydrogen) atoms. The Kier molecular flexibility index (Phi) is 6.35. The number of pyridine rings is 1. The number of ketones is 1. The standard InChI is InChI=1S/C24H17Cl2FN2O4/c1-33-19-8-6-14(27)11-16(19)22(30)20-21(13-5-7-17(25)18(26)10-13)29(24(32)23(20)31)12-15-4-2-3-9-28-15/h2-11,21,30H,12H2,1H3/b22-20+. The molecule has 9 heteroatoms. The summed E-state index contributed by atoms with van der Waals surface area (Å²) in [6.07, 6.45) is 1.57. The minimum atomic E-state index is -1.02. The molecule has 1 atom stereocenters. The van der Waals surface area contributed by atoms with E-state index in [9.17, 15) is 19.1 Å². The van der Waals surface area contributed by atoms with Crippen LogP contribution < -0.4 is 4.74 Å². The zero-order valence-electron chi connectivity index (χ0n) is 17.3. The molecule has 4 rings (SSSR count). The summed E-state index contributed by atoms with van der Waals surface area (Å²) >= 11 is 12.3. The van der Waals surface area contributed by atoms with Crippen molar-refractivity contribution in [1.29, 1.82) is 0 Å². The van der Waals surface area contributed by atoms with Crippen molar-refractivity contribution in [3.8, 4) is 5.75 Å². The summed E-state index contributed by atoms with van der Waals surface area (Å²) in [5.74, 6) is -2.84. The van der Waals surface area contributed by atoms with Gasteiger partial charge in [-0.2, -0.15) is 0 Å². The Balaban J connectivity index is 1.93. The molecule has 0 bridgehead atoms. The van der Waals surface area contributed by atoms with Gasteiger partial charge in [-0.3, -0.25) is 14.6 Å². The normalized spacial score (nSPS) is 17.5. The predicted octanol–water partition coefficient (Wildman–Crippen LogP) is 5.16. The lowest BCUT2D eigenvalue weighted by molar-refractivity contribution is -0.140. The van der Waals surface area contributed by atoms with Crippen molar-refractivity contribution in [3.05, 3.63) is 99.1 Å². The monoisotopic (exact) mass is 486 g/mol. The third kappa shape index (κ3) is 4.29. The van der Waals surface area contributed by atoms with Gasteiger partial charge in [0.05, 0.1) is 46.6 Å². The largest absolute Gasteiger partial charge is 0.507 e. The molecule has 3 aromatic rings. The number of benzene rings is 2. The number of hydrogen-bond acceptors (Lipinski definition) is 5. The molecule has 1 saturated heterocycles. The summed E-state index contributed by atoms with van der Waals surface area (Å²) in [6.45, 7) is -0.00656. The number of aromatic nitrogens is 1. The van der Waals surface area contributed by atoms with Crippen LogP contribution in [-0.4, -0.2) is 33.8 Å². The molecule has 168 valence electrons. The van der Waals surface area contributed by atoms with Crippen LogP contribution in [0.1, 0.15) is 22.9 Å². The first-order chi connectivity index (χ1) is 15.8. The third-order valence-electron chi connectivity index (χ3n) is 5.27. The van der Waals surface area contributed by atoms with E-state index < -0.39 is 29.3 Å². The summed E-state index contributed by atoms with van der Waals surface area (Å²) in [7, 11) is 1.35. The quantitative estimate of drug-likeness (QED) is 0.306. The molecule has 0 saturated carbocycles. The molecular weight excluding hydrogens is 470 g/mol. The maximum absolute atomic E-state index is 14.0. The van der Waals surface area contributed by atoms with E-state index in [1.807, 2.05) is 0 Å². The fourth-order valence-electron chi connectivity index (χ4n) is 3.75. The second-order valence-corrected chi connectivity index (χ2v) is 8.08. The Morgan fingerprint density at radius 3 is 2.58 bits per heavy atom. The lowest BCUT2D eigenvalue weighted by Crippen LogP contribution is -2.29. The number of aliphatic hydroxyl groups excluding tert-OH is 1. The molecule has 0 radical (unpaired) electrons. The van der Waals surface area contributed by atoms with Gasteiger partial charge >= 0.3 is 0 Å². The number of amides is 1. The number of methoxy groups -OCH3 is 1. The number of rotatable bonds is 5. The van der Waals surface area contributed by atoms with Crippen LogP contribution in [0.4, 0.5) is 4.39 Å². The Bertz CT molecular complexity index is 1280. The van der Waals surface area contributed by atoms with Gasteiger partial charge in [-0.05, 0) is 48.0 Å². The highest BCUT2D eigenvalue weighted by Crippen LogP contribution is 2.42. The first kappa shape index (κ1) is 22.8. The highest BCUT2D eigenvalue weighted by atomic mass is 35.5. The Morgan fingerprint density at radius 1 is 1.12 bits per heavy atom. The van der Waals surface area contributed by atoms with E-state index in [0.29, 0.717) is 11.3 Å². The van der Waals surface area contributed by atoms with Crippen LogP contribution in [0.5, 0.6) is 5.75 Å². The number of likely N-dealkylation sites (tertiary alicyclic amines) is 1. The lowest BCUT2D eigenvalue weighted by Gasteiger charge is -2.25. The molecule has 2 heterocycles. The number of halogens is 3. The zero-order valence-corrected chi connectivity index (χ0v) is 18.8. The van der Waals surface area contributed by atoms with Gasteiger partial charge in [-0.1, -0.05) is 35.3 Å². The molecule has 1 N–H and O–H groups in total. The molecule has 0 spiro atoms. The van der Waals surface area contributed by atoms with Gasteiger partial charge in [0.2, 0.25) is 0 Å². The van der Waals surface area contributed by atoms with E-state index in [0.717, 1.165) is 12.1 Å². The molecule has 1 aliphatic rings. The minimum absolute atomic E-state index is 0.00656. The number of aliphatic hydroxyl groups is 1. The summed E-state index contributed by atoms with van der Waals surface area (Å²) in [5.41, 5.74) is 0.695. The van der Waals surface area contributed by atoms with Gasteiger partial charge in [-0.25, -0.2) is 4.39 Å². The first-order valence-corrected chi connectivity index (χ1v) is 10.5. The number of hydrogen-bond donors (Lipinski definition) is 1. The molecule has 1 amide bonds. The van der Waals surface area contributed by atoms with E-state index >= 15 is 0 Å². The van der Waals surface area contributed by atoms with Crippen molar-refractivity contribution in [1.82, 2.24) is 9.88 Å². The summed E-state index contributed by atoms with van der Waals surface area (Å²) < 4.78 is 19.2. The van der Waals surface area contributed by atoms with Crippen LogP contribution in [0, 0.1) is 5.82 Å². The SMILES string of the molecule is COc1ccc(F)cc1/C(O)=C1\C(=O)C(=O)N(Cc2ccccn2)C1c1ccc(Cl)c(Cl)c1. The second-order valence-electron chi connectivity index (χ2n) is 7.27. The van der Waals surface area contributed by atoms with Gasteiger partial charge in [0.15, 0.2) is 0 Å². The van der Waals surface area contributed by atoms with Gasteiger partial charge in [0.25, 0.3) is 11.7 Å². The fraction of sp³-hybridized carbons (Fsp3) is 0.125. The molecule has 1 fully saturated rings. The Morgan fingerprint density at radius 2 is 1.91 bits per heavy atom. The smallest absolute Gasteiger partial charge is 0.296 e. The number of nitrogens with zero attached hydrogens (tertiary/aromatic N) is 2. The maximum Gasteiger partial charge on any atom is 0.296 e. The van der Waals surface area contributed by atoms with Crippen LogP contribution in [0.2, 0.25) is 10.0 Å². The van der Waals surface area contributed by atoms with Gasteiger partial charge < -0.3 is 14.7 Å². The molecule has 1 aliphatic heterocycles. The molecule has 1 unspecified atom stereocenters. The molecule has 6 nitrogen and oxygen atoms in total. The van der Waals surface area contributed by atoms with E-state index in [4.69, 9.17) is 27.9 Å². The summed E-state index contributed by atoms with van der Waals surface area (Å²) in [5, 5.41) is 11.6. The van der Waals surface area contributed by atoms with E-state index in [2.05, 4.69) is 4.98 Å². The van der Waals surface area contributed by atoms with E-state index in [1.165, 1.54) is 30.2 Å². The lowest BCUT2D eigenvalue weighted by atomic mass is 9.95. The van der Waals surface area contributed by atoms with Crippen molar-refractivity contribution in [3.63, 3.8) is 0 Å². The zero-order chi connectivity index (χ0) is 23.7. The van der Waals surface area contributed by atoms with Crippen molar-refractivity contribution in [2.45, 2.75) is 12.6 Å². The third-order valence-corrected chi connectivity index (χ3v) is 6.01. The Hall–Kier alpha value is -3.42. The molecule has 2 aromatic carbocycles. The van der Waals surface area contributed by atoms with Crippen molar-refractivity contribution in [2.75, 3.05) is 7.11 Å². The maximum atomic E-state index is 14.0. The van der Waals surface area contributed by atoms with Crippen molar-refractivity contribution in [2.24, 2.45) is 0 Å². The highest BCUT2D eigenvalue weighted by molar-refractivity contribution is 6.46. The van der Waals surface area contributed by atoms with E-state index in [-0.39, 0.29) is 33.5 Å². The molecular formula is C24H17Cl2FN2O4. The van der Waals surface area contributed by atoms with Crippen LogP contribution >= 0.6 is 23.2 Å². The van der Waals surface area contributed by atoms with Crippen LogP contribution in [-0.2, 0) is 16.1 Å². The fourth-order valence-corrected chi connectivity index (χ4v) is 4.06. The van der Waals surface area contributed by atoms with Crippen molar-refractivity contribution >= 4 is 40.7 Å². The van der Waals surface area contributed by atoms with E-state index in [1.54, 1.807) is 30.5 Å². The summed E-state index contributed by atoms with van der Waals surface area (Å²) in [6, 6.07) is 12.3. The van der Waals surface area contributed by atoms with Gasteiger partial charge in [-0.15, -0.1) is 0 Å². The number of Topliss-reactive ketones (excluding diaryl/α,β-unsaturated/α-hetero) is 1. The van der Waals surface area contributed by atoms with Crippen molar-refractivity contribution < 1.29 is 23.8 Å². The van der Waals surface area contributed by atoms with Crippen LogP contribution in [0.3, 0.4) is 0 Å². The topological polar surface area (TPSA) is 79.7 Å². The first-order valence-electron chi connectivity index (χ1n) is 9.79. The average Bonchev–Trinajstić information content (AvgIpc) is 3.06. The highest BCUT2D eigenvalue weighted by Gasteiger charge is 2.46. The minimum Gasteiger partial charge on any atom is -0.507 e. The summed E-state index contributed by atoms with van der Waals surface area (Å²) in [4.78, 5) is 31.7. The predicted molar refractivity (Wildman–Crippen MR) is 121 cm³/mol. The number of carbonyl (C=O) groups is 2. The van der Waals surface area contributed by atoms with Gasteiger partial charge in [0.1, 0.15) is 17.3 Å². The molecule has 1 aromatic heterocycles. The van der Waals surface area contributed by atoms with Gasteiger partial charge in [0, 0.05) is 6.20 Å². The van der Waals surface area contributed by atoms with Crippen LogP contribution in [0.25, 0.3) is 5.76 Å². The average molecular weight is 487 g/mol. The Labute approximate surface area is 198 Å². The second kappa shape index (κ2) is 9.21. The van der Waals surface area contributed by atoms with Crippen LogP contribution in [0.15, 0.2) is 66.4 Å². The number of carbonyl (C=O) groups excluding carboxylic acids is 2. The molecule has 0 aliphatic carbocycles. The number of ether oxygens (including phenoxy) is 1.